The molecule has 1 aliphatic carbocycles. The van der Waals surface area contributed by atoms with E-state index >= 15 is 0 Å². The van der Waals surface area contributed by atoms with Gasteiger partial charge in [0.2, 0.25) is 0 Å². The number of hydrogen-bond donors (Lipinski definition) is 0. The maximum absolute atomic E-state index is 11.2. The molecule has 0 aromatic heterocycles. The van der Waals surface area contributed by atoms with Crippen LogP contribution in [0.3, 0.4) is 0 Å². The monoisotopic (exact) mass is 182 g/mol. The van der Waals surface area contributed by atoms with Gasteiger partial charge < -0.3 is 0 Å². The van der Waals surface area contributed by atoms with Crippen molar-refractivity contribution in [3.8, 4) is 0 Å². The minimum absolute atomic E-state index is 0.399. The average molecular weight is 182 g/mol. The molecule has 0 aromatic rings. The van der Waals surface area contributed by atoms with Gasteiger partial charge >= 0.3 is 0 Å². The third-order valence-electron chi connectivity index (χ3n) is 3.32. The highest BCUT2D eigenvalue weighted by Gasteiger charge is 2.24. The van der Waals surface area contributed by atoms with Gasteiger partial charge in [0, 0.05) is 5.92 Å². The SMILES string of the molecule is CCCC[C@@H]1CCC[C@H](C(C)=O)C1. The molecule has 1 fully saturated rings. The van der Waals surface area contributed by atoms with Crippen LogP contribution in [0.5, 0.6) is 0 Å². The lowest BCUT2D eigenvalue weighted by Crippen LogP contribution is -2.20. The average Bonchev–Trinajstić information content (AvgIpc) is 2.15. The topological polar surface area (TPSA) is 17.1 Å². The summed E-state index contributed by atoms with van der Waals surface area (Å²) in [5.41, 5.74) is 0. The van der Waals surface area contributed by atoms with Crippen molar-refractivity contribution < 1.29 is 4.79 Å². The third kappa shape index (κ3) is 3.50. The molecule has 0 bridgehead atoms. The molecular formula is C12H22O. The number of ketones is 1. The van der Waals surface area contributed by atoms with Gasteiger partial charge in [-0.1, -0.05) is 39.0 Å². The first-order valence-corrected chi connectivity index (χ1v) is 5.74. The molecule has 0 amide bonds. The number of unbranched alkanes of at least 4 members (excludes halogenated alkanes) is 1. The summed E-state index contributed by atoms with van der Waals surface area (Å²) in [5.74, 6) is 1.67. The fourth-order valence-electron chi connectivity index (χ4n) is 2.42. The van der Waals surface area contributed by atoms with E-state index < -0.39 is 0 Å². The van der Waals surface area contributed by atoms with Crippen molar-refractivity contribution in [3.05, 3.63) is 0 Å². The zero-order valence-corrected chi connectivity index (χ0v) is 9.01. The lowest BCUT2D eigenvalue weighted by Gasteiger charge is -2.27. The highest BCUT2D eigenvalue weighted by molar-refractivity contribution is 5.78. The van der Waals surface area contributed by atoms with Gasteiger partial charge in [0.25, 0.3) is 0 Å². The maximum Gasteiger partial charge on any atom is 0.132 e. The number of carbonyl (C=O) groups excluding carboxylic acids is 1. The van der Waals surface area contributed by atoms with Crippen LogP contribution in [-0.4, -0.2) is 5.78 Å². The minimum Gasteiger partial charge on any atom is -0.300 e. The summed E-state index contributed by atoms with van der Waals surface area (Å²) in [6.07, 6.45) is 8.95. The van der Waals surface area contributed by atoms with E-state index in [2.05, 4.69) is 6.92 Å². The van der Waals surface area contributed by atoms with E-state index in [9.17, 15) is 4.79 Å². The second-order valence-electron chi connectivity index (χ2n) is 4.48. The van der Waals surface area contributed by atoms with Gasteiger partial charge in [-0.05, 0) is 25.7 Å². The van der Waals surface area contributed by atoms with Crippen LogP contribution < -0.4 is 0 Å². The van der Waals surface area contributed by atoms with E-state index in [4.69, 9.17) is 0 Å². The summed E-state index contributed by atoms with van der Waals surface area (Å²) >= 11 is 0. The minimum atomic E-state index is 0.399. The van der Waals surface area contributed by atoms with Crippen molar-refractivity contribution in [3.63, 3.8) is 0 Å². The molecule has 1 saturated carbocycles. The van der Waals surface area contributed by atoms with Crippen molar-refractivity contribution in [1.29, 1.82) is 0 Å². The molecule has 76 valence electrons. The van der Waals surface area contributed by atoms with E-state index in [1.807, 2.05) is 0 Å². The van der Waals surface area contributed by atoms with Crippen molar-refractivity contribution in [2.75, 3.05) is 0 Å². The molecular weight excluding hydrogens is 160 g/mol. The molecule has 2 atom stereocenters. The summed E-state index contributed by atoms with van der Waals surface area (Å²) in [4.78, 5) is 11.2. The number of hydrogen-bond acceptors (Lipinski definition) is 1. The molecule has 1 aliphatic rings. The van der Waals surface area contributed by atoms with Crippen LogP contribution in [0.4, 0.5) is 0 Å². The van der Waals surface area contributed by atoms with E-state index in [1.54, 1.807) is 6.92 Å². The van der Waals surface area contributed by atoms with Crippen molar-refractivity contribution in [1.82, 2.24) is 0 Å². The Hall–Kier alpha value is -0.330. The van der Waals surface area contributed by atoms with Gasteiger partial charge in [0.1, 0.15) is 5.78 Å². The van der Waals surface area contributed by atoms with Gasteiger partial charge in [0.15, 0.2) is 0 Å². The molecule has 13 heavy (non-hydrogen) atoms. The quantitative estimate of drug-likeness (QED) is 0.649. The fourth-order valence-corrected chi connectivity index (χ4v) is 2.42. The normalized spacial score (nSPS) is 28.8. The van der Waals surface area contributed by atoms with E-state index in [1.165, 1.54) is 38.5 Å². The van der Waals surface area contributed by atoms with Crippen LogP contribution in [0.1, 0.15) is 58.8 Å². The highest BCUT2D eigenvalue weighted by atomic mass is 16.1. The van der Waals surface area contributed by atoms with Gasteiger partial charge in [0.05, 0.1) is 0 Å². The maximum atomic E-state index is 11.2. The molecule has 0 radical (unpaired) electrons. The zero-order chi connectivity index (χ0) is 9.68. The van der Waals surface area contributed by atoms with Gasteiger partial charge in [-0.25, -0.2) is 0 Å². The Morgan fingerprint density at radius 2 is 2.15 bits per heavy atom. The summed E-state index contributed by atoms with van der Waals surface area (Å²) in [7, 11) is 0. The van der Waals surface area contributed by atoms with Gasteiger partial charge in [-0.15, -0.1) is 0 Å². The fraction of sp³-hybridized carbons (Fsp3) is 0.917. The first-order valence-electron chi connectivity index (χ1n) is 5.74. The van der Waals surface area contributed by atoms with Crippen LogP contribution in [-0.2, 0) is 4.79 Å². The molecule has 0 aromatic carbocycles. The molecule has 0 saturated heterocycles. The van der Waals surface area contributed by atoms with Gasteiger partial charge in [-0.2, -0.15) is 0 Å². The molecule has 0 heterocycles. The molecule has 1 heteroatoms. The first-order chi connectivity index (χ1) is 6.24. The van der Waals surface area contributed by atoms with Crippen molar-refractivity contribution in [2.24, 2.45) is 11.8 Å². The molecule has 0 N–H and O–H groups in total. The Bertz CT molecular complexity index is 163. The summed E-state index contributed by atoms with van der Waals surface area (Å²) in [6.45, 7) is 4.00. The van der Waals surface area contributed by atoms with Crippen LogP contribution in [0.2, 0.25) is 0 Å². The molecule has 1 rings (SSSR count). The molecule has 0 spiro atoms. The standard InChI is InChI=1S/C12H22O/c1-3-4-6-11-7-5-8-12(9-11)10(2)13/h11-12H,3-9H2,1-2H3/t11-,12+/m1/s1. The second-order valence-corrected chi connectivity index (χ2v) is 4.48. The molecule has 1 nitrogen and oxygen atoms in total. The Morgan fingerprint density at radius 1 is 1.38 bits per heavy atom. The first kappa shape index (κ1) is 10.7. The van der Waals surface area contributed by atoms with E-state index in [0.29, 0.717) is 11.7 Å². The van der Waals surface area contributed by atoms with E-state index in [0.717, 1.165) is 12.3 Å². The third-order valence-corrected chi connectivity index (χ3v) is 3.32. The second kappa shape index (κ2) is 5.41. The molecule has 0 unspecified atom stereocenters. The smallest absolute Gasteiger partial charge is 0.132 e. The predicted molar refractivity (Wildman–Crippen MR) is 55.7 cm³/mol. The van der Waals surface area contributed by atoms with Crippen LogP contribution >= 0.6 is 0 Å². The predicted octanol–water partition coefficient (Wildman–Crippen LogP) is 3.57. The molecule has 0 aliphatic heterocycles. The van der Waals surface area contributed by atoms with Crippen molar-refractivity contribution >= 4 is 5.78 Å². The lowest BCUT2D eigenvalue weighted by atomic mass is 9.78. The zero-order valence-electron chi connectivity index (χ0n) is 9.01. The highest BCUT2D eigenvalue weighted by Crippen LogP contribution is 2.32. The number of carbonyl (C=O) groups is 1. The van der Waals surface area contributed by atoms with Crippen molar-refractivity contribution in [2.45, 2.75) is 58.8 Å². The number of Topliss-reactive ketones (excluding diaryl/α,β-unsaturated/α-hetero) is 1. The summed E-state index contributed by atoms with van der Waals surface area (Å²) < 4.78 is 0. The Morgan fingerprint density at radius 3 is 2.77 bits per heavy atom. The Balaban J connectivity index is 2.29. The van der Waals surface area contributed by atoms with E-state index in [-0.39, 0.29) is 0 Å². The Labute approximate surface area is 81.9 Å². The van der Waals surface area contributed by atoms with Crippen LogP contribution in [0.25, 0.3) is 0 Å². The Kier molecular flexibility index (Phi) is 4.47. The summed E-state index contributed by atoms with van der Waals surface area (Å²) in [6, 6.07) is 0. The lowest BCUT2D eigenvalue weighted by molar-refractivity contribution is -0.122. The van der Waals surface area contributed by atoms with Crippen LogP contribution in [0.15, 0.2) is 0 Å². The van der Waals surface area contributed by atoms with Gasteiger partial charge in [-0.3, -0.25) is 4.79 Å². The van der Waals surface area contributed by atoms with Crippen LogP contribution in [0, 0.1) is 11.8 Å². The largest absolute Gasteiger partial charge is 0.300 e. The number of rotatable bonds is 4. The summed E-state index contributed by atoms with van der Waals surface area (Å²) in [5, 5.41) is 0.